The summed E-state index contributed by atoms with van der Waals surface area (Å²) in [5, 5.41) is 14.3. The number of halogens is 1. The predicted octanol–water partition coefficient (Wildman–Crippen LogP) is 5.13. The van der Waals surface area contributed by atoms with Crippen molar-refractivity contribution >= 4 is 32.6 Å². The molecule has 0 bridgehead atoms. The minimum Gasteiger partial charge on any atom is -0.490 e. The zero-order valence-electron chi connectivity index (χ0n) is 16.2. The van der Waals surface area contributed by atoms with Crippen LogP contribution in [0.25, 0.3) is 10.8 Å². The number of ether oxygens (including phenoxy) is 2. The number of nitriles is 1. The summed E-state index contributed by atoms with van der Waals surface area (Å²) in [6.07, 6.45) is 0. The van der Waals surface area contributed by atoms with Gasteiger partial charge in [-0.15, -0.1) is 0 Å². The van der Waals surface area contributed by atoms with Gasteiger partial charge in [-0.3, -0.25) is 4.79 Å². The van der Waals surface area contributed by atoms with E-state index in [2.05, 4.69) is 39.4 Å². The van der Waals surface area contributed by atoms with Crippen LogP contribution in [0.5, 0.6) is 11.5 Å². The molecule has 6 heteroatoms. The molecule has 3 aromatic rings. The summed E-state index contributed by atoms with van der Waals surface area (Å²) in [5.74, 6) is 0.581. The SMILES string of the molecule is CCOc1cc(C#N)cc(Br)c1OCC(=O)N[C@H](C)c1ccc2ccccc2c1. The van der Waals surface area contributed by atoms with Crippen LogP contribution in [0.15, 0.2) is 59.1 Å². The van der Waals surface area contributed by atoms with Crippen molar-refractivity contribution in [3.63, 3.8) is 0 Å². The maximum atomic E-state index is 12.4. The highest BCUT2D eigenvalue weighted by Gasteiger charge is 2.16. The van der Waals surface area contributed by atoms with Gasteiger partial charge in [0.25, 0.3) is 5.91 Å². The molecule has 0 fully saturated rings. The summed E-state index contributed by atoms with van der Waals surface area (Å²) in [7, 11) is 0. The van der Waals surface area contributed by atoms with E-state index in [9.17, 15) is 4.79 Å². The fourth-order valence-corrected chi connectivity index (χ4v) is 3.57. The first-order valence-corrected chi connectivity index (χ1v) is 10.1. The summed E-state index contributed by atoms with van der Waals surface area (Å²) in [6, 6.07) is 19.4. The van der Waals surface area contributed by atoms with Gasteiger partial charge in [0.1, 0.15) is 0 Å². The van der Waals surface area contributed by atoms with Crippen molar-refractivity contribution in [2.24, 2.45) is 0 Å². The van der Waals surface area contributed by atoms with E-state index in [1.165, 1.54) is 0 Å². The van der Waals surface area contributed by atoms with E-state index >= 15 is 0 Å². The average molecular weight is 453 g/mol. The highest BCUT2D eigenvalue weighted by molar-refractivity contribution is 9.10. The second-order valence-corrected chi connectivity index (χ2v) is 7.37. The van der Waals surface area contributed by atoms with Crippen LogP contribution in [-0.4, -0.2) is 19.1 Å². The quantitative estimate of drug-likeness (QED) is 0.539. The minimum absolute atomic E-state index is 0.161. The Labute approximate surface area is 178 Å². The van der Waals surface area contributed by atoms with Crippen LogP contribution >= 0.6 is 15.9 Å². The van der Waals surface area contributed by atoms with Crippen molar-refractivity contribution in [2.75, 3.05) is 13.2 Å². The van der Waals surface area contributed by atoms with Crippen molar-refractivity contribution in [1.29, 1.82) is 5.26 Å². The van der Waals surface area contributed by atoms with Gasteiger partial charge >= 0.3 is 0 Å². The lowest BCUT2D eigenvalue weighted by molar-refractivity contribution is -0.123. The minimum atomic E-state index is -0.246. The van der Waals surface area contributed by atoms with Crippen LogP contribution in [-0.2, 0) is 4.79 Å². The molecule has 3 aromatic carbocycles. The molecular formula is C23H21BrN2O3. The average Bonchev–Trinajstić information content (AvgIpc) is 2.72. The van der Waals surface area contributed by atoms with Crippen molar-refractivity contribution in [2.45, 2.75) is 19.9 Å². The zero-order chi connectivity index (χ0) is 20.8. The lowest BCUT2D eigenvalue weighted by Gasteiger charge is -2.17. The van der Waals surface area contributed by atoms with Gasteiger partial charge in [-0.1, -0.05) is 36.4 Å². The molecule has 0 aliphatic rings. The monoisotopic (exact) mass is 452 g/mol. The standard InChI is InChI=1S/C23H21BrN2O3/c1-3-28-21-11-16(13-25)10-20(24)23(21)29-14-22(27)26-15(2)18-9-8-17-6-4-5-7-19(17)12-18/h4-12,15H,3,14H2,1-2H3,(H,26,27)/t15-/m1/s1. The molecule has 0 aliphatic carbocycles. The maximum Gasteiger partial charge on any atom is 0.258 e. The van der Waals surface area contributed by atoms with Crippen LogP contribution in [0.3, 0.4) is 0 Å². The van der Waals surface area contributed by atoms with Gasteiger partial charge in [0.05, 0.1) is 28.8 Å². The van der Waals surface area contributed by atoms with E-state index in [1.54, 1.807) is 12.1 Å². The second-order valence-electron chi connectivity index (χ2n) is 6.51. The number of carbonyl (C=O) groups is 1. The van der Waals surface area contributed by atoms with Gasteiger partial charge in [-0.25, -0.2) is 0 Å². The highest BCUT2D eigenvalue weighted by atomic mass is 79.9. The second kappa shape index (κ2) is 9.44. The van der Waals surface area contributed by atoms with Gasteiger partial charge in [-0.2, -0.15) is 5.26 Å². The first-order chi connectivity index (χ1) is 14.0. The third-order valence-corrected chi connectivity index (χ3v) is 5.03. The third kappa shape index (κ3) is 5.07. The fourth-order valence-electron chi connectivity index (χ4n) is 3.02. The van der Waals surface area contributed by atoms with Crippen molar-refractivity contribution in [3.05, 3.63) is 70.2 Å². The summed E-state index contributed by atoms with van der Waals surface area (Å²) >= 11 is 3.38. The number of rotatable bonds is 7. The Morgan fingerprint density at radius 3 is 2.62 bits per heavy atom. The molecule has 0 radical (unpaired) electrons. The molecule has 0 aromatic heterocycles. The molecule has 0 heterocycles. The van der Waals surface area contributed by atoms with Crippen LogP contribution in [0.1, 0.15) is 31.0 Å². The molecule has 29 heavy (non-hydrogen) atoms. The summed E-state index contributed by atoms with van der Waals surface area (Å²) in [5.41, 5.74) is 1.47. The Bertz CT molecular complexity index is 1080. The Balaban J connectivity index is 1.67. The van der Waals surface area contributed by atoms with Crippen LogP contribution < -0.4 is 14.8 Å². The maximum absolute atomic E-state index is 12.4. The first kappa shape index (κ1) is 20.7. The predicted molar refractivity (Wildman–Crippen MR) is 116 cm³/mol. The van der Waals surface area contributed by atoms with Gasteiger partial charge < -0.3 is 14.8 Å². The van der Waals surface area contributed by atoms with E-state index in [0.29, 0.717) is 28.1 Å². The Kier molecular flexibility index (Phi) is 6.73. The number of carbonyl (C=O) groups excluding carboxylic acids is 1. The lowest BCUT2D eigenvalue weighted by atomic mass is 10.0. The lowest BCUT2D eigenvalue weighted by Crippen LogP contribution is -2.31. The van der Waals surface area contributed by atoms with E-state index < -0.39 is 0 Å². The van der Waals surface area contributed by atoms with Crippen molar-refractivity contribution in [1.82, 2.24) is 5.32 Å². The normalized spacial score (nSPS) is 11.5. The molecule has 148 valence electrons. The smallest absolute Gasteiger partial charge is 0.258 e. The van der Waals surface area contributed by atoms with Gasteiger partial charge in [0.15, 0.2) is 18.1 Å². The molecule has 0 aliphatic heterocycles. The number of benzene rings is 3. The number of hydrogen-bond donors (Lipinski definition) is 1. The third-order valence-electron chi connectivity index (χ3n) is 4.44. The van der Waals surface area contributed by atoms with E-state index in [-0.39, 0.29) is 18.6 Å². The Morgan fingerprint density at radius 2 is 1.90 bits per heavy atom. The number of hydrogen-bond acceptors (Lipinski definition) is 4. The van der Waals surface area contributed by atoms with E-state index in [1.807, 2.05) is 44.2 Å². The summed E-state index contributed by atoms with van der Waals surface area (Å²) in [4.78, 5) is 12.4. The molecule has 0 saturated heterocycles. The molecule has 0 unspecified atom stereocenters. The summed E-state index contributed by atoms with van der Waals surface area (Å²) < 4.78 is 11.8. The van der Waals surface area contributed by atoms with Gasteiger partial charge in [0.2, 0.25) is 0 Å². The highest BCUT2D eigenvalue weighted by Crippen LogP contribution is 2.36. The fraction of sp³-hybridized carbons (Fsp3) is 0.217. The topological polar surface area (TPSA) is 71.3 Å². The number of fused-ring (bicyclic) bond motifs is 1. The molecule has 0 spiro atoms. The Morgan fingerprint density at radius 1 is 1.14 bits per heavy atom. The van der Waals surface area contributed by atoms with Crippen molar-refractivity contribution < 1.29 is 14.3 Å². The zero-order valence-corrected chi connectivity index (χ0v) is 17.8. The largest absolute Gasteiger partial charge is 0.490 e. The number of nitrogens with one attached hydrogen (secondary N) is 1. The first-order valence-electron chi connectivity index (χ1n) is 9.29. The number of nitrogens with zero attached hydrogens (tertiary/aromatic N) is 1. The van der Waals surface area contributed by atoms with E-state index in [4.69, 9.17) is 14.7 Å². The Hall–Kier alpha value is -3.04. The van der Waals surface area contributed by atoms with Gasteiger partial charge in [-0.05, 0) is 58.2 Å². The van der Waals surface area contributed by atoms with Crippen LogP contribution in [0, 0.1) is 11.3 Å². The van der Waals surface area contributed by atoms with Crippen LogP contribution in [0.2, 0.25) is 0 Å². The molecule has 1 N–H and O–H groups in total. The molecule has 0 saturated carbocycles. The number of amides is 1. The molecular weight excluding hydrogens is 432 g/mol. The molecule has 1 amide bonds. The van der Waals surface area contributed by atoms with Crippen LogP contribution in [0.4, 0.5) is 0 Å². The van der Waals surface area contributed by atoms with Crippen molar-refractivity contribution in [3.8, 4) is 17.6 Å². The molecule has 5 nitrogen and oxygen atoms in total. The van der Waals surface area contributed by atoms with Gasteiger partial charge in [0, 0.05) is 6.07 Å². The summed E-state index contributed by atoms with van der Waals surface area (Å²) in [6.45, 7) is 4.03. The molecule has 3 rings (SSSR count). The molecule has 1 atom stereocenters. The van der Waals surface area contributed by atoms with E-state index in [0.717, 1.165) is 16.3 Å².